The molecule has 1 saturated heterocycles. The molecule has 1 aliphatic heterocycles. The van der Waals surface area contributed by atoms with E-state index < -0.39 is 48.3 Å². The number of aliphatic hydroxyl groups is 4. The maximum Gasteiger partial charge on any atom is 0.197 e. The van der Waals surface area contributed by atoms with Crippen LogP contribution < -0.4 is 14.9 Å². The molecule has 0 saturated carbocycles. The molecule has 1 aromatic heterocycles. The molecule has 4 rings (SSSR count). The fourth-order valence-electron chi connectivity index (χ4n) is 4.06. The number of aliphatic hydroxyl groups excluding tert-OH is 4. The van der Waals surface area contributed by atoms with Crippen molar-refractivity contribution < 1.29 is 49.3 Å². The van der Waals surface area contributed by atoms with Gasteiger partial charge in [0.2, 0.25) is 0 Å². The Bertz CT molecular complexity index is 1270. The third-order valence-electron chi connectivity index (χ3n) is 5.84. The molecule has 3 aromatic rings. The van der Waals surface area contributed by atoms with Crippen molar-refractivity contribution in [3.05, 3.63) is 46.1 Å². The fraction of sp³-hybridized carbons (Fsp3) is 0.348. The van der Waals surface area contributed by atoms with Gasteiger partial charge in [0.15, 0.2) is 22.5 Å². The lowest BCUT2D eigenvalue weighted by atomic mass is 9.89. The number of hydrogen-bond acceptors (Lipinski definition) is 11. The molecule has 2 aromatic carbocycles. The van der Waals surface area contributed by atoms with E-state index in [4.69, 9.17) is 18.6 Å². The van der Waals surface area contributed by atoms with Crippen LogP contribution in [0.25, 0.3) is 22.3 Å². The van der Waals surface area contributed by atoms with E-state index in [0.29, 0.717) is 0 Å². The standard InChI is InChI=1S/C23H24O11/c1-31-14-7-15(32-2)18(23-21(30)20(29)19(28)16(8-24)34-23)22-17(14)12(27)6-13(33-22)9-3-4-10(25)11(26)5-9/h3-7,16,19-21,23-26,28-30H,8H2,1-2H3/t16-,19-,20-,21-,23-/m1/s1. The Hall–Kier alpha value is -3.35. The number of phenolic OH excluding ortho intramolecular Hbond substituents is 2. The molecule has 0 aliphatic carbocycles. The Balaban J connectivity index is 2.02. The summed E-state index contributed by atoms with van der Waals surface area (Å²) in [5.41, 5.74) is -0.335. The minimum atomic E-state index is -1.68. The normalized spacial score (nSPS) is 24.8. The second-order valence-corrected chi connectivity index (χ2v) is 7.83. The highest BCUT2D eigenvalue weighted by Gasteiger charge is 2.46. The molecule has 6 N–H and O–H groups in total. The zero-order chi connectivity index (χ0) is 24.7. The number of fused-ring (bicyclic) bond motifs is 1. The number of rotatable bonds is 5. The van der Waals surface area contributed by atoms with Gasteiger partial charge in [-0.1, -0.05) is 0 Å². The van der Waals surface area contributed by atoms with Crippen LogP contribution in [0.4, 0.5) is 0 Å². The predicted octanol–water partition coefficient (Wildman–Crippen LogP) is 0.403. The monoisotopic (exact) mass is 476 g/mol. The van der Waals surface area contributed by atoms with E-state index in [1.807, 2.05) is 0 Å². The van der Waals surface area contributed by atoms with Crippen molar-refractivity contribution in [1.82, 2.24) is 0 Å². The largest absolute Gasteiger partial charge is 0.504 e. The van der Waals surface area contributed by atoms with E-state index in [-0.39, 0.29) is 45.1 Å². The van der Waals surface area contributed by atoms with Crippen molar-refractivity contribution in [1.29, 1.82) is 0 Å². The quantitative estimate of drug-likeness (QED) is 0.281. The second kappa shape index (κ2) is 9.12. The lowest BCUT2D eigenvalue weighted by molar-refractivity contribution is -0.231. The van der Waals surface area contributed by atoms with Crippen molar-refractivity contribution in [3.63, 3.8) is 0 Å². The minimum Gasteiger partial charge on any atom is -0.504 e. The molecule has 1 fully saturated rings. The molecule has 34 heavy (non-hydrogen) atoms. The molecule has 1 aliphatic rings. The van der Waals surface area contributed by atoms with Crippen LogP contribution in [-0.4, -0.2) is 75.9 Å². The minimum absolute atomic E-state index is 0.00828. The smallest absolute Gasteiger partial charge is 0.197 e. The molecule has 11 heteroatoms. The highest BCUT2D eigenvalue weighted by atomic mass is 16.5. The van der Waals surface area contributed by atoms with E-state index in [1.54, 1.807) is 0 Å². The molecule has 2 heterocycles. The highest BCUT2D eigenvalue weighted by molar-refractivity contribution is 5.90. The van der Waals surface area contributed by atoms with Gasteiger partial charge in [0.25, 0.3) is 0 Å². The van der Waals surface area contributed by atoms with Gasteiger partial charge in [0.1, 0.15) is 53.2 Å². The summed E-state index contributed by atoms with van der Waals surface area (Å²) in [5, 5.41) is 60.3. The predicted molar refractivity (Wildman–Crippen MR) is 117 cm³/mol. The van der Waals surface area contributed by atoms with Gasteiger partial charge in [0.05, 0.1) is 26.4 Å². The summed E-state index contributed by atoms with van der Waals surface area (Å²) in [4.78, 5) is 13.1. The second-order valence-electron chi connectivity index (χ2n) is 7.83. The molecule has 0 unspecified atom stereocenters. The third-order valence-corrected chi connectivity index (χ3v) is 5.84. The first-order valence-corrected chi connectivity index (χ1v) is 10.3. The third kappa shape index (κ3) is 3.83. The van der Waals surface area contributed by atoms with Gasteiger partial charge < -0.3 is 49.3 Å². The molecule has 0 radical (unpaired) electrons. The maximum atomic E-state index is 13.1. The summed E-state index contributed by atoms with van der Waals surface area (Å²) in [6.07, 6.45) is -7.52. The average Bonchev–Trinajstić information content (AvgIpc) is 2.83. The molecule has 182 valence electrons. The van der Waals surface area contributed by atoms with E-state index in [2.05, 4.69) is 0 Å². The number of hydrogen-bond donors (Lipinski definition) is 6. The molecule has 0 bridgehead atoms. The summed E-state index contributed by atoms with van der Waals surface area (Å²) in [6.45, 7) is -0.653. The van der Waals surface area contributed by atoms with Crippen molar-refractivity contribution in [2.75, 3.05) is 20.8 Å². The van der Waals surface area contributed by atoms with Gasteiger partial charge in [-0.05, 0) is 18.2 Å². The first-order valence-electron chi connectivity index (χ1n) is 10.3. The van der Waals surface area contributed by atoms with Crippen LogP contribution in [-0.2, 0) is 4.74 Å². The zero-order valence-corrected chi connectivity index (χ0v) is 18.2. The number of methoxy groups -OCH3 is 2. The number of benzene rings is 2. The lowest BCUT2D eigenvalue weighted by Gasteiger charge is -2.40. The van der Waals surface area contributed by atoms with Crippen molar-refractivity contribution in [2.45, 2.75) is 30.5 Å². The summed E-state index contributed by atoms with van der Waals surface area (Å²) < 4.78 is 22.5. The van der Waals surface area contributed by atoms with Crippen LogP contribution in [0, 0.1) is 0 Å². The molecular weight excluding hydrogens is 452 g/mol. The lowest BCUT2D eigenvalue weighted by Crippen LogP contribution is -2.55. The first kappa shape index (κ1) is 23.8. The molecule has 5 atom stereocenters. The van der Waals surface area contributed by atoms with Gasteiger partial charge >= 0.3 is 0 Å². The Morgan fingerprint density at radius 3 is 2.24 bits per heavy atom. The molecule has 0 spiro atoms. The fourth-order valence-corrected chi connectivity index (χ4v) is 4.06. The Labute approximate surface area is 192 Å². The van der Waals surface area contributed by atoms with Crippen LogP contribution >= 0.6 is 0 Å². The van der Waals surface area contributed by atoms with Crippen LogP contribution in [0.5, 0.6) is 23.0 Å². The Kier molecular flexibility index (Phi) is 6.39. The maximum absolute atomic E-state index is 13.1. The van der Waals surface area contributed by atoms with Gasteiger partial charge in [0, 0.05) is 17.7 Å². The van der Waals surface area contributed by atoms with Gasteiger partial charge in [-0.25, -0.2) is 0 Å². The van der Waals surface area contributed by atoms with Crippen LogP contribution in [0.15, 0.2) is 39.5 Å². The van der Waals surface area contributed by atoms with E-state index in [0.717, 1.165) is 0 Å². The number of aromatic hydroxyl groups is 2. The van der Waals surface area contributed by atoms with Crippen molar-refractivity contribution in [2.24, 2.45) is 0 Å². The van der Waals surface area contributed by atoms with Crippen LogP contribution in [0.3, 0.4) is 0 Å². The number of ether oxygens (including phenoxy) is 3. The molecule has 0 amide bonds. The number of phenols is 2. The van der Waals surface area contributed by atoms with Gasteiger partial charge in [-0.15, -0.1) is 0 Å². The topological polar surface area (TPSA) is 179 Å². The van der Waals surface area contributed by atoms with E-state index in [9.17, 15) is 35.4 Å². The highest BCUT2D eigenvalue weighted by Crippen LogP contribution is 2.44. The summed E-state index contributed by atoms with van der Waals surface area (Å²) in [7, 11) is 2.67. The van der Waals surface area contributed by atoms with Gasteiger partial charge in [-0.3, -0.25) is 4.79 Å². The Morgan fingerprint density at radius 1 is 0.912 bits per heavy atom. The van der Waals surface area contributed by atoms with Crippen molar-refractivity contribution in [3.8, 4) is 34.3 Å². The zero-order valence-electron chi connectivity index (χ0n) is 18.2. The SMILES string of the molecule is COc1cc(OC)c2c(=O)cc(-c3ccc(O)c(O)c3)oc2c1[C@H]1O[C@H](CO)[C@@H](O)[C@@H](O)[C@H]1O. The van der Waals surface area contributed by atoms with Gasteiger partial charge in [-0.2, -0.15) is 0 Å². The molecular formula is C23H24O11. The Morgan fingerprint density at radius 2 is 1.62 bits per heavy atom. The van der Waals surface area contributed by atoms with Crippen LogP contribution in [0.2, 0.25) is 0 Å². The first-order chi connectivity index (χ1) is 16.2. The summed E-state index contributed by atoms with van der Waals surface area (Å²) >= 11 is 0. The molecule has 11 nitrogen and oxygen atoms in total. The van der Waals surface area contributed by atoms with E-state index in [1.165, 1.54) is 44.6 Å². The average molecular weight is 476 g/mol. The van der Waals surface area contributed by atoms with Crippen molar-refractivity contribution >= 4 is 11.0 Å². The van der Waals surface area contributed by atoms with Crippen LogP contribution in [0.1, 0.15) is 11.7 Å². The van der Waals surface area contributed by atoms with E-state index >= 15 is 0 Å². The summed E-state index contributed by atoms with van der Waals surface area (Å²) in [6, 6.07) is 6.40. The summed E-state index contributed by atoms with van der Waals surface area (Å²) in [5.74, 6) is -0.597.